The quantitative estimate of drug-likeness (QED) is 0.853. The van der Waals surface area contributed by atoms with Gasteiger partial charge in [-0.1, -0.05) is 6.92 Å². The summed E-state index contributed by atoms with van der Waals surface area (Å²) in [5.74, 6) is 1.07. The Hall–Kier alpha value is -1.17. The zero-order valence-corrected chi connectivity index (χ0v) is 13.4. The smallest absolute Gasteiger partial charge is 0.122 e. The molecule has 1 aliphatic rings. The van der Waals surface area contributed by atoms with E-state index < -0.39 is 0 Å². The third kappa shape index (κ3) is 3.73. The average molecular weight is 305 g/mol. The Morgan fingerprint density at radius 1 is 1.43 bits per heavy atom. The van der Waals surface area contributed by atoms with Crippen LogP contribution in [0, 0.1) is 0 Å². The van der Waals surface area contributed by atoms with E-state index in [4.69, 9.17) is 4.42 Å². The van der Waals surface area contributed by atoms with Crippen LogP contribution < -0.4 is 5.32 Å². The third-order valence-corrected chi connectivity index (χ3v) is 5.14. The van der Waals surface area contributed by atoms with Crippen LogP contribution in [-0.2, 0) is 13.0 Å². The first-order valence-electron chi connectivity index (χ1n) is 7.78. The molecule has 0 amide bonds. The molecule has 2 aromatic rings. The highest BCUT2D eigenvalue weighted by molar-refractivity contribution is 7.11. The fourth-order valence-corrected chi connectivity index (χ4v) is 3.70. The lowest BCUT2D eigenvalue weighted by Gasteiger charge is -2.26. The molecule has 1 fully saturated rings. The van der Waals surface area contributed by atoms with E-state index in [1.807, 2.05) is 12.3 Å². The maximum atomic E-state index is 5.64. The summed E-state index contributed by atoms with van der Waals surface area (Å²) in [4.78, 5) is 8.24. The molecular formula is C16H23N3OS. The van der Waals surface area contributed by atoms with Crippen molar-refractivity contribution < 1.29 is 4.42 Å². The van der Waals surface area contributed by atoms with E-state index in [1.165, 1.54) is 35.8 Å². The number of rotatable bonds is 7. The van der Waals surface area contributed by atoms with Crippen molar-refractivity contribution in [3.8, 4) is 0 Å². The molecule has 0 aliphatic carbocycles. The van der Waals surface area contributed by atoms with Gasteiger partial charge in [0.25, 0.3) is 0 Å². The van der Waals surface area contributed by atoms with Crippen LogP contribution in [0.15, 0.2) is 29.0 Å². The van der Waals surface area contributed by atoms with Crippen LogP contribution in [0.4, 0.5) is 0 Å². The van der Waals surface area contributed by atoms with Gasteiger partial charge in [-0.3, -0.25) is 4.90 Å². The highest BCUT2D eigenvalue weighted by atomic mass is 32.1. The SMILES string of the molecule is CCc1ncc(CNCC(c2ccco2)N2CCCC2)s1. The summed E-state index contributed by atoms with van der Waals surface area (Å²) in [7, 11) is 0. The fourth-order valence-electron chi connectivity index (χ4n) is 2.87. The van der Waals surface area contributed by atoms with E-state index in [9.17, 15) is 0 Å². The molecular weight excluding hydrogens is 282 g/mol. The Kier molecular flexibility index (Phi) is 5.06. The second-order valence-electron chi connectivity index (χ2n) is 5.48. The van der Waals surface area contributed by atoms with Crippen LogP contribution in [-0.4, -0.2) is 29.5 Å². The van der Waals surface area contributed by atoms with Gasteiger partial charge in [0, 0.05) is 24.2 Å². The second-order valence-corrected chi connectivity index (χ2v) is 6.68. The molecule has 1 aliphatic heterocycles. The number of furan rings is 1. The number of nitrogens with zero attached hydrogens (tertiary/aromatic N) is 2. The molecule has 0 saturated carbocycles. The van der Waals surface area contributed by atoms with Gasteiger partial charge in [-0.05, 0) is 44.5 Å². The number of hydrogen-bond acceptors (Lipinski definition) is 5. The van der Waals surface area contributed by atoms with Crippen molar-refractivity contribution in [2.24, 2.45) is 0 Å². The minimum atomic E-state index is 0.348. The Morgan fingerprint density at radius 3 is 2.95 bits per heavy atom. The van der Waals surface area contributed by atoms with E-state index in [-0.39, 0.29) is 0 Å². The monoisotopic (exact) mass is 305 g/mol. The van der Waals surface area contributed by atoms with Crippen LogP contribution in [0.5, 0.6) is 0 Å². The van der Waals surface area contributed by atoms with Crippen molar-refractivity contribution in [3.63, 3.8) is 0 Å². The van der Waals surface area contributed by atoms with Crippen molar-refractivity contribution in [2.75, 3.05) is 19.6 Å². The fraction of sp³-hybridized carbons (Fsp3) is 0.562. The Bertz CT molecular complexity index is 531. The zero-order valence-electron chi connectivity index (χ0n) is 12.5. The molecule has 1 N–H and O–H groups in total. The molecule has 1 saturated heterocycles. The predicted molar refractivity (Wildman–Crippen MR) is 85.5 cm³/mol. The van der Waals surface area contributed by atoms with Gasteiger partial charge in [-0.25, -0.2) is 4.98 Å². The Morgan fingerprint density at radius 2 is 2.29 bits per heavy atom. The first-order chi connectivity index (χ1) is 10.4. The zero-order chi connectivity index (χ0) is 14.5. The van der Waals surface area contributed by atoms with Gasteiger partial charge in [-0.2, -0.15) is 0 Å². The van der Waals surface area contributed by atoms with Gasteiger partial charge in [0.1, 0.15) is 5.76 Å². The molecule has 4 nitrogen and oxygen atoms in total. The number of thiazole rings is 1. The van der Waals surface area contributed by atoms with Crippen LogP contribution in [0.3, 0.4) is 0 Å². The van der Waals surface area contributed by atoms with Crippen LogP contribution in [0.1, 0.15) is 41.5 Å². The summed E-state index contributed by atoms with van der Waals surface area (Å²) in [5.41, 5.74) is 0. The first-order valence-corrected chi connectivity index (χ1v) is 8.60. The van der Waals surface area contributed by atoms with Gasteiger partial charge in [-0.15, -0.1) is 11.3 Å². The minimum Gasteiger partial charge on any atom is -0.468 e. The maximum Gasteiger partial charge on any atom is 0.122 e. The lowest BCUT2D eigenvalue weighted by molar-refractivity contribution is 0.209. The molecule has 1 unspecified atom stereocenters. The standard InChI is InChI=1S/C16H23N3OS/c1-2-16-18-11-13(21-16)10-17-12-14(15-6-5-9-20-15)19-7-3-4-8-19/h5-6,9,11,14,17H,2-4,7-8,10,12H2,1H3. The molecule has 0 aromatic carbocycles. The van der Waals surface area contributed by atoms with Crippen molar-refractivity contribution in [2.45, 2.75) is 38.8 Å². The Labute approximate surface area is 130 Å². The molecule has 0 spiro atoms. The number of nitrogens with one attached hydrogen (secondary N) is 1. The highest BCUT2D eigenvalue weighted by Gasteiger charge is 2.25. The predicted octanol–water partition coefficient (Wildman–Crippen LogP) is 3.23. The largest absolute Gasteiger partial charge is 0.468 e. The van der Waals surface area contributed by atoms with Gasteiger partial charge in [0.15, 0.2) is 0 Å². The average Bonchev–Trinajstić information content (AvgIpc) is 3.24. The second kappa shape index (κ2) is 7.20. The lowest BCUT2D eigenvalue weighted by atomic mass is 10.2. The summed E-state index contributed by atoms with van der Waals surface area (Å²) in [6.45, 7) is 6.31. The first kappa shape index (κ1) is 14.8. The maximum absolute atomic E-state index is 5.64. The molecule has 0 radical (unpaired) electrons. The molecule has 1 atom stereocenters. The van der Waals surface area contributed by atoms with Gasteiger partial charge >= 0.3 is 0 Å². The molecule has 114 valence electrons. The van der Waals surface area contributed by atoms with Crippen molar-refractivity contribution in [1.82, 2.24) is 15.2 Å². The topological polar surface area (TPSA) is 41.3 Å². The summed E-state index contributed by atoms with van der Waals surface area (Å²) < 4.78 is 5.64. The van der Waals surface area contributed by atoms with Crippen LogP contribution in [0.2, 0.25) is 0 Å². The van der Waals surface area contributed by atoms with Gasteiger partial charge in [0.2, 0.25) is 0 Å². The van der Waals surface area contributed by atoms with Gasteiger partial charge in [0.05, 0.1) is 17.3 Å². The lowest BCUT2D eigenvalue weighted by Crippen LogP contribution is -2.33. The van der Waals surface area contributed by atoms with E-state index in [1.54, 1.807) is 17.6 Å². The van der Waals surface area contributed by atoms with E-state index in [0.29, 0.717) is 6.04 Å². The van der Waals surface area contributed by atoms with Crippen LogP contribution in [0.25, 0.3) is 0 Å². The summed E-state index contributed by atoms with van der Waals surface area (Å²) in [5, 5.41) is 4.79. The normalized spacial score (nSPS) is 17.4. The number of aromatic nitrogens is 1. The Balaban J connectivity index is 1.57. The van der Waals surface area contributed by atoms with Crippen molar-refractivity contribution in [3.05, 3.63) is 40.2 Å². The van der Waals surface area contributed by atoms with Crippen molar-refractivity contribution >= 4 is 11.3 Å². The summed E-state index contributed by atoms with van der Waals surface area (Å²) in [6.07, 6.45) is 7.38. The molecule has 3 rings (SSSR count). The molecule has 21 heavy (non-hydrogen) atoms. The van der Waals surface area contributed by atoms with E-state index in [2.05, 4.69) is 28.2 Å². The highest BCUT2D eigenvalue weighted by Crippen LogP contribution is 2.25. The summed E-state index contributed by atoms with van der Waals surface area (Å²) in [6, 6.07) is 4.42. The molecule has 3 heterocycles. The number of likely N-dealkylation sites (tertiary alicyclic amines) is 1. The summed E-state index contributed by atoms with van der Waals surface area (Å²) >= 11 is 1.80. The number of hydrogen-bond donors (Lipinski definition) is 1. The third-order valence-electron chi connectivity index (χ3n) is 3.99. The minimum absolute atomic E-state index is 0.348. The van der Waals surface area contributed by atoms with E-state index in [0.717, 1.165) is 25.3 Å². The molecule has 0 bridgehead atoms. The van der Waals surface area contributed by atoms with Gasteiger partial charge < -0.3 is 9.73 Å². The molecule has 5 heteroatoms. The number of aryl methyl sites for hydroxylation is 1. The van der Waals surface area contributed by atoms with Crippen molar-refractivity contribution in [1.29, 1.82) is 0 Å². The molecule has 2 aromatic heterocycles. The van der Waals surface area contributed by atoms with E-state index >= 15 is 0 Å². The van der Waals surface area contributed by atoms with Crippen LogP contribution >= 0.6 is 11.3 Å².